The topological polar surface area (TPSA) is 98.5 Å². The van der Waals surface area contributed by atoms with Gasteiger partial charge in [0.1, 0.15) is 17.3 Å². The number of rotatable bonds is 4. The van der Waals surface area contributed by atoms with Crippen LogP contribution in [0.25, 0.3) is 0 Å². The van der Waals surface area contributed by atoms with Crippen LogP contribution in [0.5, 0.6) is 11.5 Å². The highest BCUT2D eigenvalue weighted by Gasteiger charge is 2.38. The van der Waals surface area contributed by atoms with Gasteiger partial charge in [0.25, 0.3) is 0 Å². The highest BCUT2D eigenvalue weighted by Crippen LogP contribution is 2.45. The van der Waals surface area contributed by atoms with E-state index in [2.05, 4.69) is 20.9 Å². The van der Waals surface area contributed by atoms with Crippen LogP contribution in [-0.2, 0) is 4.79 Å². The predicted octanol–water partition coefficient (Wildman–Crippen LogP) is 4.21. The summed E-state index contributed by atoms with van der Waals surface area (Å²) >= 11 is 0. The molecular formula is C23H21FN4O4. The van der Waals surface area contributed by atoms with E-state index in [0.29, 0.717) is 41.5 Å². The third-order valence-electron chi connectivity index (χ3n) is 5.93. The molecule has 9 heteroatoms. The van der Waals surface area contributed by atoms with Gasteiger partial charge in [-0.3, -0.25) is 4.79 Å². The molecule has 1 aliphatic carbocycles. The van der Waals surface area contributed by atoms with Gasteiger partial charge in [-0.05, 0) is 52.5 Å². The lowest BCUT2D eigenvalue weighted by Gasteiger charge is -2.30. The average molecular weight is 436 g/mol. The summed E-state index contributed by atoms with van der Waals surface area (Å²) in [5.74, 6) is 1.59. The van der Waals surface area contributed by atoms with Gasteiger partial charge in [0.2, 0.25) is 11.6 Å². The van der Waals surface area contributed by atoms with Crippen molar-refractivity contribution in [1.82, 2.24) is 10.3 Å². The molecule has 2 N–H and O–H groups in total. The van der Waals surface area contributed by atoms with E-state index in [1.54, 1.807) is 32.4 Å². The maximum atomic E-state index is 13.5. The third-order valence-corrected chi connectivity index (χ3v) is 5.93. The normalized spacial score (nSPS) is 19.9. The van der Waals surface area contributed by atoms with Crippen molar-refractivity contribution >= 4 is 17.4 Å². The molecule has 0 spiro atoms. The van der Waals surface area contributed by atoms with Gasteiger partial charge in [0.05, 0.1) is 20.3 Å². The van der Waals surface area contributed by atoms with Crippen LogP contribution < -0.4 is 20.1 Å². The molecule has 164 valence electrons. The zero-order valence-electron chi connectivity index (χ0n) is 17.5. The van der Waals surface area contributed by atoms with Crippen LogP contribution in [0, 0.1) is 5.82 Å². The number of ketones is 1. The second-order valence-corrected chi connectivity index (χ2v) is 7.74. The first kappa shape index (κ1) is 20.0. The summed E-state index contributed by atoms with van der Waals surface area (Å²) < 4.78 is 29.2. The summed E-state index contributed by atoms with van der Waals surface area (Å²) in [7, 11) is 3.15. The molecule has 0 fully saturated rings. The number of hydrogen-bond donors (Lipinski definition) is 2. The Kier molecular flexibility index (Phi) is 5.01. The summed E-state index contributed by atoms with van der Waals surface area (Å²) in [5, 5.41) is 14.4. The number of Topliss-reactive ketones (excluding diaryl/α,β-unsaturated/α-hetero) is 1. The molecule has 1 aliphatic heterocycles. The number of nitrogens with zero attached hydrogens (tertiary/aromatic N) is 2. The molecule has 0 bridgehead atoms. The lowest BCUT2D eigenvalue weighted by Crippen LogP contribution is -2.27. The van der Waals surface area contributed by atoms with Gasteiger partial charge in [0, 0.05) is 29.3 Å². The number of allylic oxidation sites excluding steroid dienone is 1. The highest BCUT2D eigenvalue weighted by molar-refractivity contribution is 6.01. The van der Waals surface area contributed by atoms with Gasteiger partial charge >= 0.3 is 0 Å². The van der Waals surface area contributed by atoms with E-state index in [0.717, 1.165) is 16.8 Å². The summed E-state index contributed by atoms with van der Waals surface area (Å²) in [6.07, 6.45) is 0.855. The zero-order chi connectivity index (χ0) is 22.2. The minimum absolute atomic E-state index is 0.0227. The van der Waals surface area contributed by atoms with E-state index >= 15 is 0 Å². The number of carbonyl (C=O) groups excluding carboxylic acids is 1. The van der Waals surface area contributed by atoms with Crippen LogP contribution in [-0.4, -0.2) is 30.3 Å². The number of nitrogens with one attached hydrogen (secondary N) is 2. The molecule has 8 nitrogen and oxygen atoms in total. The van der Waals surface area contributed by atoms with E-state index in [9.17, 15) is 9.18 Å². The van der Waals surface area contributed by atoms with Crippen LogP contribution >= 0.6 is 0 Å². The van der Waals surface area contributed by atoms with E-state index in [1.165, 1.54) is 12.1 Å². The quantitative estimate of drug-likeness (QED) is 0.628. The first-order valence-electron chi connectivity index (χ1n) is 10.2. The third kappa shape index (κ3) is 3.45. The summed E-state index contributed by atoms with van der Waals surface area (Å²) in [4.78, 5) is 13.5. The van der Waals surface area contributed by atoms with Crippen molar-refractivity contribution in [3.05, 3.63) is 70.7 Å². The largest absolute Gasteiger partial charge is 0.497 e. The van der Waals surface area contributed by atoms with Gasteiger partial charge in [-0.15, -0.1) is 0 Å². The molecule has 2 aromatic carbocycles. The average Bonchev–Trinajstić information content (AvgIpc) is 3.17. The van der Waals surface area contributed by atoms with Gasteiger partial charge in [-0.1, -0.05) is 12.1 Å². The number of anilines is 2. The second-order valence-electron chi connectivity index (χ2n) is 7.74. The second kappa shape index (κ2) is 7.99. The summed E-state index contributed by atoms with van der Waals surface area (Å²) in [5.41, 5.74) is 2.97. The van der Waals surface area contributed by atoms with Crippen molar-refractivity contribution in [3.63, 3.8) is 0 Å². The minimum Gasteiger partial charge on any atom is -0.497 e. The predicted molar refractivity (Wildman–Crippen MR) is 114 cm³/mol. The Morgan fingerprint density at radius 2 is 1.81 bits per heavy atom. The van der Waals surface area contributed by atoms with E-state index < -0.39 is 6.04 Å². The highest BCUT2D eigenvalue weighted by atomic mass is 19.1. The number of methoxy groups -OCH3 is 2. The number of aromatic nitrogens is 2. The van der Waals surface area contributed by atoms with Crippen molar-refractivity contribution in [3.8, 4) is 11.5 Å². The van der Waals surface area contributed by atoms with Crippen LogP contribution in [0.4, 0.5) is 16.0 Å². The number of fused-ring (bicyclic) bond motifs is 1. The molecule has 32 heavy (non-hydrogen) atoms. The fourth-order valence-electron chi connectivity index (χ4n) is 4.36. The fourth-order valence-corrected chi connectivity index (χ4v) is 4.36. The minimum atomic E-state index is -0.534. The Bertz CT molecular complexity index is 1200. The molecule has 5 rings (SSSR count). The molecule has 3 aromatic rings. The van der Waals surface area contributed by atoms with Gasteiger partial charge < -0.3 is 20.1 Å². The molecule has 0 saturated carbocycles. The molecule has 0 radical (unpaired) electrons. The maximum Gasteiger partial charge on any atom is 0.219 e. The van der Waals surface area contributed by atoms with E-state index in [1.807, 2.05) is 12.1 Å². The molecular weight excluding hydrogens is 415 g/mol. The lowest BCUT2D eigenvalue weighted by atomic mass is 9.78. The molecule has 0 amide bonds. The number of ether oxygens (including phenoxy) is 2. The van der Waals surface area contributed by atoms with Crippen molar-refractivity contribution in [2.24, 2.45) is 0 Å². The van der Waals surface area contributed by atoms with Gasteiger partial charge in [0.15, 0.2) is 5.78 Å². The smallest absolute Gasteiger partial charge is 0.219 e. The number of hydrogen-bond acceptors (Lipinski definition) is 8. The molecule has 2 heterocycles. The maximum absolute atomic E-state index is 13.5. The Hall–Kier alpha value is -3.88. The standard InChI is InChI=1S/C23H21FN4O4/c1-30-15-7-8-16(19(11-15)31-2)21-20-17(25-22-23(26-21)28-32-27-22)9-13(10-18(20)29)12-3-5-14(24)6-4-12/h3-8,11,13,21H,9-10H2,1-2H3,(H,25,27)(H,26,28)/t13-,21+/m1/s1. The first-order valence-corrected chi connectivity index (χ1v) is 10.2. The van der Waals surface area contributed by atoms with Crippen LogP contribution in [0.3, 0.4) is 0 Å². The Morgan fingerprint density at radius 1 is 1.03 bits per heavy atom. The van der Waals surface area contributed by atoms with Crippen molar-refractivity contribution in [2.45, 2.75) is 24.8 Å². The molecule has 2 aliphatic rings. The Balaban J connectivity index is 1.61. The van der Waals surface area contributed by atoms with Crippen molar-refractivity contribution in [1.29, 1.82) is 0 Å². The van der Waals surface area contributed by atoms with E-state index in [-0.39, 0.29) is 17.5 Å². The summed E-state index contributed by atoms with van der Waals surface area (Å²) in [6, 6.07) is 11.2. The number of halogens is 1. The molecule has 1 aromatic heterocycles. The van der Waals surface area contributed by atoms with Gasteiger partial charge in [-0.25, -0.2) is 9.02 Å². The SMILES string of the molecule is COc1ccc([C@@H]2Nc3nonc3NC3=C2C(=O)C[C@H](c2ccc(F)cc2)C3)c(OC)c1. The fraction of sp³-hybridized carbons (Fsp3) is 0.261. The first-order chi connectivity index (χ1) is 15.6. The zero-order valence-corrected chi connectivity index (χ0v) is 17.5. The van der Waals surface area contributed by atoms with Crippen LogP contribution in [0.15, 0.2) is 58.4 Å². The monoisotopic (exact) mass is 436 g/mol. The Morgan fingerprint density at radius 3 is 2.56 bits per heavy atom. The van der Waals surface area contributed by atoms with Crippen molar-refractivity contribution in [2.75, 3.05) is 24.9 Å². The van der Waals surface area contributed by atoms with E-state index in [4.69, 9.17) is 14.1 Å². The van der Waals surface area contributed by atoms with Crippen LogP contribution in [0.1, 0.15) is 35.9 Å². The van der Waals surface area contributed by atoms with Crippen molar-refractivity contribution < 1.29 is 23.3 Å². The lowest BCUT2D eigenvalue weighted by molar-refractivity contribution is -0.116. The summed E-state index contributed by atoms with van der Waals surface area (Å²) in [6.45, 7) is 0. The van der Waals surface area contributed by atoms with Crippen LogP contribution in [0.2, 0.25) is 0 Å². The molecule has 2 atom stereocenters. The molecule has 0 unspecified atom stereocenters. The van der Waals surface area contributed by atoms with Gasteiger partial charge in [-0.2, -0.15) is 0 Å². The Labute approximate surface area is 183 Å². The number of benzene rings is 2. The molecule has 0 saturated heterocycles. The number of carbonyl (C=O) groups is 1.